The number of amides is 1. The fourth-order valence-electron chi connectivity index (χ4n) is 2.72. The van der Waals surface area contributed by atoms with Gasteiger partial charge in [-0.2, -0.15) is 5.26 Å². The maximum Gasteiger partial charge on any atom is 0.414 e. The average Bonchev–Trinajstić information content (AvgIpc) is 3.14. The summed E-state index contributed by atoms with van der Waals surface area (Å²) in [6.45, 7) is 0.899. The van der Waals surface area contributed by atoms with Crippen molar-refractivity contribution in [2.24, 2.45) is 0 Å². The number of carbonyl (C=O) groups is 1. The molecule has 0 spiro atoms. The Hall–Kier alpha value is -2.17. The van der Waals surface area contributed by atoms with Crippen molar-refractivity contribution in [1.82, 2.24) is 4.98 Å². The molecule has 1 aliphatic heterocycles. The Balaban J connectivity index is 1.72. The molecule has 1 atom stereocenters. The van der Waals surface area contributed by atoms with E-state index in [4.69, 9.17) is 14.7 Å². The van der Waals surface area contributed by atoms with Gasteiger partial charge in [0.1, 0.15) is 6.10 Å². The molecule has 2 heterocycles. The molecule has 24 heavy (non-hydrogen) atoms. The van der Waals surface area contributed by atoms with Crippen LogP contribution >= 0.6 is 11.3 Å². The number of nitrogens with zero attached hydrogens (tertiary/aromatic N) is 3. The molecule has 0 bridgehead atoms. The van der Waals surface area contributed by atoms with Crippen LogP contribution in [-0.4, -0.2) is 37.4 Å². The first kappa shape index (κ1) is 16.7. The fraction of sp³-hybridized carbons (Fsp3) is 0.471. The Morgan fingerprint density at radius 3 is 3.17 bits per heavy atom. The summed E-state index contributed by atoms with van der Waals surface area (Å²) in [6, 6.07) is 7.99. The van der Waals surface area contributed by atoms with E-state index in [2.05, 4.69) is 11.1 Å². The topological polar surface area (TPSA) is 75.5 Å². The van der Waals surface area contributed by atoms with Gasteiger partial charge in [0.15, 0.2) is 0 Å². The van der Waals surface area contributed by atoms with Crippen molar-refractivity contribution in [2.45, 2.75) is 31.8 Å². The van der Waals surface area contributed by atoms with Gasteiger partial charge in [-0.3, -0.25) is 4.90 Å². The smallest absolute Gasteiger partial charge is 0.414 e. The van der Waals surface area contributed by atoms with E-state index in [9.17, 15) is 4.79 Å². The van der Waals surface area contributed by atoms with Crippen molar-refractivity contribution in [3.8, 4) is 6.07 Å². The molecular formula is C17H19N3O3S. The minimum absolute atomic E-state index is 0.227. The molecule has 1 saturated heterocycles. The molecule has 1 fully saturated rings. The lowest BCUT2D eigenvalue weighted by molar-refractivity contribution is 0.0718. The van der Waals surface area contributed by atoms with E-state index in [1.807, 2.05) is 18.2 Å². The first-order chi connectivity index (χ1) is 11.7. The lowest BCUT2D eigenvalue weighted by Crippen LogP contribution is -2.25. The van der Waals surface area contributed by atoms with Gasteiger partial charge in [0.25, 0.3) is 0 Å². The van der Waals surface area contributed by atoms with E-state index in [0.717, 1.165) is 40.2 Å². The highest BCUT2D eigenvalue weighted by Gasteiger charge is 2.32. The van der Waals surface area contributed by atoms with Crippen LogP contribution in [0, 0.1) is 11.3 Å². The summed E-state index contributed by atoms with van der Waals surface area (Å²) < 4.78 is 11.4. The lowest BCUT2D eigenvalue weighted by atomic mass is 10.2. The van der Waals surface area contributed by atoms with Crippen LogP contribution in [0.3, 0.4) is 0 Å². The number of thiazole rings is 1. The van der Waals surface area contributed by atoms with Crippen molar-refractivity contribution < 1.29 is 14.3 Å². The Bertz CT molecular complexity index is 768. The van der Waals surface area contributed by atoms with Crippen LogP contribution in [0.4, 0.5) is 10.5 Å². The first-order valence-electron chi connectivity index (χ1n) is 7.95. The van der Waals surface area contributed by atoms with E-state index >= 15 is 0 Å². The molecule has 0 saturated carbocycles. The van der Waals surface area contributed by atoms with Gasteiger partial charge in [-0.15, -0.1) is 11.3 Å². The number of nitriles is 1. The van der Waals surface area contributed by atoms with Gasteiger partial charge in [0.2, 0.25) is 0 Å². The summed E-state index contributed by atoms with van der Waals surface area (Å²) in [6.07, 6.45) is 2.79. The molecule has 1 aliphatic rings. The predicted octanol–water partition coefficient (Wildman–Crippen LogP) is 3.50. The van der Waals surface area contributed by atoms with Crippen molar-refractivity contribution >= 4 is 33.3 Å². The molecule has 0 aliphatic carbocycles. The number of carbonyl (C=O) groups excluding carboxylic acids is 1. The third-order valence-corrected chi connectivity index (χ3v) is 4.96. The third kappa shape index (κ3) is 3.66. The van der Waals surface area contributed by atoms with Crippen LogP contribution in [0.2, 0.25) is 0 Å². The zero-order valence-corrected chi connectivity index (χ0v) is 14.3. The number of unbranched alkanes of at least 4 members (excludes halogenated alkanes) is 2. The van der Waals surface area contributed by atoms with Crippen molar-refractivity contribution in [2.75, 3.05) is 25.2 Å². The summed E-state index contributed by atoms with van der Waals surface area (Å²) in [5, 5.41) is 9.64. The summed E-state index contributed by atoms with van der Waals surface area (Å²) in [5.74, 6) is 0. The van der Waals surface area contributed by atoms with E-state index in [-0.39, 0.29) is 12.2 Å². The molecule has 7 heteroatoms. The second-order valence-corrected chi connectivity index (χ2v) is 6.81. The summed E-state index contributed by atoms with van der Waals surface area (Å²) in [4.78, 5) is 18.3. The Labute approximate surface area is 144 Å². The monoisotopic (exact) mass is 345 g/mol. The van der Waals surface area contributed by atoms with E-state index in [1.54, 1.807) is 23.3 Å². The highest BCUT2D eigenvalue weighted by molar-refractivity contribution is 7.18. The summed E-state index contributed by atoms with van der Waals surface area (Å²) in [5.41, 5.74) is 1.77. The van der Waals surface area contributed by atoms with Crippen LogP contribution in [0.15, 0.2) is 18.2 Å². The molecule has 0 N–H and O–H groups in total. The number of anilines is 1. The summed E-state index contributed by atoms with van der Waals surface area (Å²) >= 11 is 1.64. The minimum Gasteiger partial charge on any atom is -0.441 e. The lowest BCUT2D eigenvalue weighted by Gasteiger charge is -2.12. The number of aromatic nitrogens is 1. The van der Waals surface area contributed by atoms with E-state index in [0.29, 0.717) is 19.6 Å². The number of fused-ring (bicyclic) bond motifs is 1. The van der Waals surface area contributed by atoms with Gasteiger partial charge < -0.3 is 9.47 Å². The predicted molar refractivity (Wildman–Crippen MR) is 92.3 cm³/mol. The van der Waals surface area contributed by atoms with Gasteiger partial charge in [-0.25, -0.2) is 9.78 Å². The summed E-state index contributed by atoms with van der Waals surface area (Å²) in [7, 11) is 1.60. The molecule has 6 nitrogen and oxygen atoms in total. The largest absolute Gasteiger partial charge is 0.441 e. The number of aryl methyl sites for hydroxylation is 1. The van der Waals surface area contributed by atoms with Crippen LogP contribution in [0.5, 0.6) is 0 Å². The van der Waals surface area contributed by atoms with Gasteiger partial charge in [0.05, 0.1) is 34.4 Å². The second-order valence-electron chi connectivity index (χ2n) is 5.70. The van der Waals surface area contributed by atoms with Gasteiger partial charge in [-0.1, -0.05) is 0 Å². The highest BCUT2D eigenvalue weighted by Crippen LogP contribution is 2.30. The molecule has 0 unspecified atom stereocenters. The van der Waals surface area contributed by atoms with Crippen LogP contribution in [0.25, 0.3) is 10.2 Å². The van der Waals surface area contributed by atoms with Gasteiger partial charge >= 0.3 is 6.09 Å². The fourth-order valence-corrected chi connectivity index (χ4v) is 3.76. The maximum absolute atomic E-state index is 12.0. The quantitative estimate of drug-likeness (QED) is 0.718. The number of rotatable bonds is 7. The van der Waals surface area contributed by atoms with Crippen LogP contribution in [0.1, 0.15) is 24.3 Å². The molecular weight excluding hydrogens is 326 g/mol. The number of hydrogen-bond acceptors (Lipinski definition) is 6. The molecule has 1 aromatic carbocycles. The maximum atomic E-state index is 12.0. The van der Waals surface area contributed by atoms with Crippen LogP contribution in [-0.2, 0) is 15.9 Å². The van der Waals surface area contributed by atoms with Crippen molar-refractivity contribution in [3.05, 3.63) is 23.2 Å². The Kier molecular flexibility index (Phi) is 5.28. The minimum atomic E-state index is -0.336. The third-order valence-electron chi connectivity index (χ3n) is 3.88. The normalized spacial score (nSPS) is 17.2. The second kappa shape index (κ2) is 7.60. The van der Waals surface area contributed by atoms with E-state index in [1.165, 1.54) is 0 Å². The zero-order chi connectivity index (χ0) is 16.9. The molecule has 126 valence electrons. The molecule has 1 amide bonds. The number of benzene rings is 1. The van der Waals surface area contributed by atoms with Crippen molar-refractivity contribution in [1.29, 1.82) is 5.26 Å². The number of ether oxygens (including phenoxy) is 2. The van der Waals surface area contributed by atoms with E-state index < -0.39 is 0 Å². The average molecular weight is 345 g/mol. The molecule has 3 rings (SSSR count). The highest BCUT2D eigenvalue weighted by atomic mass is 32.1. The SMILES string of the molecule is COC[C@H]1CN(c2ccc3nc(CCCCC#N)sc3c2)C(=O)O1. The standard InChI is InChI=1S/C17H19N3O3S/c1-22-11-13-10-20(17(21)23-13)12-6-7-14-15(9-12)24-16(19-14)5-3-2-4-8-18/h6-7,9,13H,2-5,10-11H2,1H3/t13-/m1/s1. The number of cyclic esters (lactones) is 1. The molecule has 1 aromatic heterocycles. The molecule has 2 aromatic rings. The number of methoxy groups -OCH3 is 1. The van der Waals surface area contributed by atoms with Crippen molar-refractivity contribution in [3.63, 3.8) is 0 Å². The van der Waals surface area contributed by atoms with Gasteiger partial charge in [-0.05, 0) is 37.5 Å². The van der Waals surface area contributed by atoms with Gasteiger partial charge in [0, 0.05) is 19.2 Å². The Morgan fingerprint density at radius 2 is 2.38 bits per heavy atom. The van der Waals surface area contributed by atoms with Crippen LogP contribution < -0.4 is 4.90 Å². The Morgan fingerprint density at radius 1 is 1.50 bits per heavy atom. The number of hydrogen-bond donors (Lipinski definition) is 0. The first-order valence-corrected chi connectivity index (χ1v) is 8.76. The molecule has 0 radical (unpaired) electrons. The zero-order valence-electron chi connectivity index (χ0n) is 13.5.